The van der Waals surface area contributed by atoms with Crippen LogP contribution in [0.2, 0.25) is 0 Å². The highest BCUT2D eigenvalue weighted by Gasteiger charge is 2.09. The minimum atomic E-state index is -0.398. The van der Waals surface area contributed by atoms with Gasteiger partial charge in [-0.05, 0) is 5.56 Å². The van der Waals surface area contributed by atoms with Crippen LogP contribution in [0.5, 0.6) is 0 Å². The van der Waals surface area contributed by atoms with E-state index in [9.17, 15) is 10.1 Å². The fraction of sp³-hybridized carbons (Fsp3) is 0.0625. The van der Waals surface area contributed by atoms with E-state index < -0.39 is 4.92 Å². The summed E-state index contributed by atoms with van der Waals surface area (Å²) in [6, 6.07) is 16.6. The molecule has 3 rings (SSSR count). The Morgan fingerprint density at radius 2 is 1.91 bits per heavy atom. The van der Waals surface area contributed by atoms with E-state index in [-0.39, 0.29) is 22.7 Å². The lowest BCUT2D eigenvalue weighted by atomic mass is 10.1. The molecule has 0 aliphatic rings. The lowest BCUT2D eigenvalue weighted by Crippen LogP contribution is -3.00. The molecule has 1 heterocycles. The van der Waals surface area contributed by atoms with Crippen molar-refractivity contribution in [1.82, 2.24) is 4.98 Å². The van der Waals surface area contributed by atoms with Gasteiger partial charge in [-0.25, -0.2) is 4.98 Å². The number of benzene rings is 2. The van der Waals surface area contributed by atoms with Crippen LogP contribution in [-0.2, 0) is 6.54 Å². The maximum atomic E-state index is 10.8. The average Bonchev–Trinajstić information content (AvgIpc) is 3.03. The first-order valence-corrected chi connectivity index (χ1v) is 7.58. The van der Waals surface area contributed by atoms with Crippen molar-refractivity contribution >= 4 is 22.2 Å². The first kappa shape index (κ1) is 17.1. The molecule has 0 aliphatic carbocycles. The Kier molecular flexibility index (Phi) is 5.84. The van der Waals surface area contributed by atoms with E-state index in [0.717, 1.165) is 16.4 Å². The predicted octanol–water partition coefficient (Wildman–Crippen LogP) is 1.33. The molecule has 23 heavy (non-hydrogen) atoms. The largest absolute Gasteiger partial charge is 1.00 e. The van der Waals surface area contributed by atoms with Crippen LogP contribution in [0.4, 0.5) is 10.8 Å². The Morgan fingerprint density at radius 3 is 2.65 bits per heavy atom. The number of nitro groups is 1. The summed E-state index contributed by atoms with van der Waals surface area (Å²) < 4.78 is 0. The fourth-order valence-electron chi connectivity index (χ4n) is 2.04. The van der Waals surface area contributed by atoms with Crippen molar-refractivity contribution < 1.29 is 21.9 Å². The number of nitrogens with zero attached hydrogens (tertiary/aromatic N) is 2. The number of hydrogen-bond donors (Lipinski definition) is 1. The maximum Gasteiger partial charge on any atom is 0.270 e. The van der Waals surface area contributed by atoms with Gasteiger partial charge in [0, 0.05) is 29.6 Å². The number of anilines is 1. The first-order chi connectivity index (χ1) is 10.7. The average molecular weight is 391 g/mol. The normalized spacial score (nSPS) is 9.91. The van der Waals surface area contributed by atoms with Gasteiger partial charge in [0.15, 0.2) is 5.13 Å². The Bertz CT molecular complexity index is 793. The number of halogens is 1. The zero-order valence-electron chi connectivity index (χ0n) is 12.0. The van der Waals surface area contributed by atoms with Gasteiger partial charge < -0.3 is 22.3 Å². The quantitative estimate of drug-likeness (QED) is 0.527. The molecule has 1 N–H and O–H groups in total. The molecule has 1 aromatic heterocycles. The number of nitro benzene ring substituents is 1. The molecule has 0 fully saturated rings. The molecule has 0 aliphatic heterocycles. The Hall–Kier alpha value is -2.25. The molecule has 0 saturated carbocycles. The lowest BCUT2D eigenvalue weighted by molar-refractivity contribution is -0.384. The highest BCUT2D eigenvalue weighted by Crippen LogP contribution is 2.27. The number of hydrogen-bond acceptors (Lipinski definition) is 5. The van der Waals surface area contributed by atoms with E-state index in [0.29, 0.717) is 6.54 Å². The number of non-ortho nitro benzene ring substituents is 1. The van der Waals surface area contributed by atoms with Crippen molar-refractivity contribution in [3.05, 3.63) is 75.7 Å². The third kappa shape index (κ3) is 4.37. The van der Waals surface area contributed by atoms with Crippen molar-refractivity contribution in [2.45, 2.75) is 6.54 Å². The summed E-state index contributed by atoms with van der Waals surface area (Å²) in [5.74, 6) is 0. The second kappa shape index (κ2) is 7.85. The van der Waals surface area contributed by atoms with Crippen LogP contribution in [0, 0.1) is 10.1 Å². The third-order valence-corrected chi connectivity index (χ3v) is 3.94. The number of aromatic nitrogens is 1. The molecular formula is C16H13BrN3O2S-. The zero-order chi connectivity index (χ0) is 15.4. The zero-order valence-corrected chi connectivity index (χ0v) is 14.4. The van der Waals surface area contributed by atoms with Crippen molar-refractivity contribution in [3.8, 4) is 11.3 Å². The van der Waals surface area contributed by atoms with Gasteiger partial charge in [0.25, 0.3) is 5.69 Å². The van der Waals surface area contributed by atoms with Gasteiger partial charge in [-0.3, -0.25) is 10.1 Å². The molecule has 0 radical (unpaired) electrons. The summed E-state index contributed by atoms with van der Waals surface area (Å²) in [5, 5.41) is 16.8. The second-order valence-electron chi connectivity index (χ2n) is 4.68. The fourth-order valence-corrected chi connectivity index (χ4v) is 2.76. The van der Waals surface area contributed by atoms with Crippen molar-refractivity contribution in [2.24, 2.45) is 0 Å². The number of nitrogens with one attached hydrogen (secondary N) is 1. The summed E-state index contributed by atoms with van der Waals surface area (Å²) in [4.78, 5) is 14.9. The molecule has 118 valence electrons. The summed E-state index contributed by atoms with van der Waals surface area (Å²) in [7, 11) is 0. The van der Waals surface area contributed by atoms with Gasteiger partial charge in [-0.1, -0.05) is 42.5 Å². The molecule has 0 spiro atoms. The summed E-state index contributed by atoms with van der Waals surface area (Å²) in [6.07, 6.45) is 0. The van der Waals surface area contributed by atoms with Crippen LogP contribution in [0.15, 0.2) is 60.0 Å². The van der Waals surface area contributed by atoms with E-state index >= 15 is 0 Å². The molecule has 0 unspecified atom stereocenters. The van der Waals surface area contributed by atoms with Gasteiger partial charge in [-0.15, -0.1) is 11.3 Å². The van der Waals surface area contributed by atoms with Gasteiger partial charge in [-0.2, -0.15) is 0 Å². The smallest absolute Gasteiger partial charge is 0.270 e. The molecule has 0 bridgehead atoms. The first-order valence-electron chi connectivity index (χ1n) is 6.70. The van der Waals surface area contributed by atoms with Crippen molar-refractivity contribution in [2.75, 3.05) is 5.32 Å². The van der Waals surface area contributed by atoms with Crippen molar-refractivity contribution in [1.29, 1.82) is 0 Å². The standard InChI is InChI=1S/C16H13N3O2S.BrH/c20-19(21)14-8-4-7-13(9-14)15-11-22-16(18-15)17-10-12-5-2-1-3-6-12;/h1-9,11H,10H2,(H,17,18);1H/p-1. The van der Waals surface area contributed by atoms with Crippen molar-refractivity contribution in [3.63, 3.8) is 0 Å². The van der Waals surface area contributed by atoms with E-state index in [1.807, 2.05) is 41.8 Å². The number of rotatable bonds is 5. The highest BCUT2D eigenvalue weighted by molar-refractivity contribution is 7.14. The monoisotopic (exact) mass is 390 g/mol. The van der Waals surface area contributed by atoms with E-state index in [1.54, 1.807) is 6.07 Å². The molecule has 0 saturated heterocycles. The van der Waals surface area contributed by atoms with Gasteiger partial charge in [0.05, 0.1) is 10.6 Å². The van der Waals surface area contributed by atoms with E-state index in [4.69, 9.17) is 0 Å². The number of thiazole rings is 1. The maximum absolute atomic E-state index is 10.8. The van der Waals surface area contributed by atoms with E-state index in [2.05, 4.69) is 10.3 Å². The van der Waals surface area contributed by atoms with Gasteiger partial charge in [0.2, 0.25) is 0 Å². The van der Waals surface area contributed by atoms with Crippen LogP contribution >= 0.6 is 11.3 Å². The predicted molar refractivity (Wildman–Crippen MR) is 88.0 cm³/mol. The van der Waals surface area contributed by atoms with Gasteiger partial charge in [0.1, 0.15) is 0 Å². The lowest BCUT2D eigenvalue weighted by Gasteiger charge is -2.02. The van der Waals surface area contributed by atoms with Crippen LogP contribution in [-0.4, -0.2) is 9.91 Å². The summed E-state index contributed by atoms with van der Waals surface area (Å²) >= 11 is 1.49. The third-order valence-electron chi connectivity index (χ3n) is 3.14. The SMILES string of the molecule is O=[N+]([O-])c1cccc(-c2csc(NCc3ccccc3)n2)c1.[Br-]. The molecule has 3 aromatic rings. The highest BCUT2D eigenvalue weighted by atomic mass is 79.9. The summed E-state index contributed by atoms with van der Waals surface area (Å²) in [5.41, 5.74) is 2.74. The summed E-state index contributed by atoms with van der Waals surface area (Å²) in [6.45, 7) is 0.697. The van der Waals surface area contributed by atoms with Crippen LogP contribution in [0.1, 0.15) is 5.56 Å². The molecule has 5 nitrogen and oxygen atoms in total. The Labute approximate surface area is 147 Å². The molecule has 0 atom stereocenters. The Balaban J connectivity index is 0.00000192. The molecule has 7 heteroatoms. The van der Waals surface area contributed by atoms with Crippen LogP contribution in [0.3, 0.4) is 0 Å². The Morgan fingerprint density at radius 1 is 1.13 bits per heavy atom. The second-order valence-corrected chi connectivity index (χ2v) is 5.54. The van der Waals surface area contributed by atoms with E-state index in [1.165, 1.54) is 29.0 Å². The van der Waals surface area contributed by atoms with Gasteiger partial charge >= 0.3 is 0 Å². The minimum absolute atomic E-state index is 0. The molecule has 2 aromatic carbocycles. The topological polar surface area (TPSA) is 68.1 Å². The molecule has 0 amide bonds. The molecular weight excluding hydrogens is 378 g/mol. The van der Waals surface area contributed by atoms with Crippen LogP contribution in [0.25, 0.3) is 11.3 Å². The van der Waals surface area contributed by atoms with Crippen LogP contribution < -0.4 is 22.3 Å². The minimum Gasteiger partial charge on any atom is -1.00 e.